The Kier molecular flexibility index (Phi) is 3.60. The molecule has 0 saturated heterocycles. The Morgan fingerprint density at radius 3 is 1.70 bits per heavy atom. The third-order valence-corrected chi connectivity index (χ3v) is 5.09. The van der Waals surface area contributed by atoms with E-state index in [1.807, 2.05) is 0 Å². The van der Waals surface area contributed by atoms with Crippen LogP contribution >= 0.6 is 0 Å². The van der Waals surface area contributed by atoms with Gasteiger partial charge in [0.25, 0.3) is 0 Å². The minimum atomic E-state index is -0.948. The van der Waals surface area contributed by atoms with Gasteiger partial charge >= 0.3 is 0 Å². The van der Waals surface area contributed by atoms with Crippen molar-refractivity contribution >= 4 is 9.04 Å². The highest BCUT2D eigenvalue weighted by atomic mass is 28.3. The summed E-state index contributed by atoms with van der Waals surface area (Å²) in [7, 11) is -0.948. The van der Waals surface area contributed by atoms with E-state index in [1.54, 1.807) is 0 Å². The van der Waals surface area contributed by atoms with Gasteiger partial charge in [0.2, 0.25) is 0 Å². The van der Waals surface area contributed by atoms with Crippen LogP contribution in [0.15, 0.2) is 0 Å². The van der Waals surface area contributed by atoms with Gasteiger partial charge in [-0.05, 0) is 25.4 Å². The van der Waals surface area contributed by atoms with Gasteiger partial charge in [0.05, 0.1) is 0 Å². The van der Waals surface area contributed by atoms with Gasteiger partial charge in [-0.25, -0.2) is 0 Å². The van der Waals surface area contributed by atoms with Gasteiger partial charge < -0.3 is 4.43 Å². The van der Waals surface area contributed by atoms with Gasteiger partial charge in [-0.15, -0.1) is 0 Å². The predicted octanol–water partition coefficient (Wildman–Crippen LogP) is 2.57. The van der Waals surface area contributed by atoms with E-state index in [0.717, 1.165) is 0 Å². The Balaban J connectivity index is 3.73. The summed E-state index contributed by atoms with van der Waals surface area (Å²) in [6.45, 7) is 13.2. The van der Waals surface area contributed by atoms with Crippen molar-refractivity contribution in [2.75, 3.05) is 0 Å². The lowest BCUT2D eigenvalue weighted by atomic mass is 10.3. The molecule has 0 aliphatic heterocycles. The second-order valence-electron chi connectivity index (χ2n) is 4.19. The molecule has 0 spiro atoms. The van der Waals surface area contributed by atoms with Crippen molar-refractivity contribution in [3.8, 4) is 0 Å². The van der Waals surface area contributed by atoms with Crippen molar-refractivity contribution in [1.29, 1.82) is 0 Å². The summed E-state index contributed by atoms with van der Waals surface area (Å²) in [6.07, 6.45) is 0.404. The lowest BCUT2D eigenvalue weighted by molar-refractivity contribution is 0.232. The van der Waals surface area contributed by atoms with Crippen LogP contribution in [0.25, 0.3) is 0 Å². The Morgan fingerprint density at radius 1 is 1.20 bits per heavy atom. The number of rotatable bonds is 2. The molecule has 0 N–H and O–H groups in total. The normalized spacial score (nSPS) is 15.9. The van der Waals surface area contributed by atoms with Crippen LogP contribution in [0.2, 0.25) is 11.6 Å². The molecule has 1 atom stereocenters. The van der Waals surface area contributed by atoms with Crippen LogP contribution in [0.1, 0.15) is 34.6 Å². The SMILES string of the molecule is CC(C)O[SiH](C)C(C)(C)C. The Labute approximate surface area is 66.5 Å². The zero-order valence-corrected chi connectivity index (χ0v) is 9.22. The van der Waals surface area contributed by atoms with Crippen molar-refractivity contribution in [3.05, 3.63) is 0 Å². The van der Waals surface area contributed by atoms with Gasteiger partial charge in [-0.2, -0.15) is 0 Å². The van der Waals surface area contributed by atoms with Crippen LogP contribution in [0, 0.1) is 0 Å². The van der Waals surface area contributed by atoms with Crippen molar-refractivity contribution < 1.29 is 4.43 Å². The zero-order chi connectivity index (χ0) is 8.36. The molecule has 0 bridgehead atoms. The average Bonchev–Trinajstić information content (AvgIpc) is 1.60. The van der Waals surface area contributed by atoms with Gasteiger partial charge in [0, 0.05) is 6.10 Å². The standard InChI is InChI=1S/C8H20OSi/c1-7(2)9-10(6)8(3,4)5/h7,10H,1-6H3. The molecule has 0 aliphatic rings. The Morgan fingerprint density at radius 2 is 1.60 bits per heavy atom. The summed E-state index contributed by atoms with van der Waals surface area (Å²) in [6, 6.07) is 0. The summed E-state index contributed by atoms with van der Waals surface area (Å²) >= 11 is 0. The van der Waals surface area contributed by atoms with Crippen LogP contribution < -0.4 is 0 Å². The van der Waals surface area contributed by atoms with Crippen molar-refractivity contribution in [2.24, 2.45) is 0 Å². The van der Waals surface area contributed by atoms with Crippen LogP contribution in [0.4, 0.5) is 0 Å². The molecular weight excluding hydrogens is 140 g/mol. The largest absolute Gasteiger partial charge is 0.417 e. The highest BCUT2D eigenvalue weighted by Gasteiger charge is 2.23. The molecule has 0 aliphatic carbocycles. The maximum Gasteiger partial charge on any atom is 0.179 e. The lowest BCUT2D eigenvalue weighted by Gasteiger charge is -2.27. The average molecular weight is 160 g/mol. The molecule has 10 heavy (non-hydrogen) atoms. The van der Waals surface area contributed by atoms with Crippen molar-refractivity contribution in [1.82, 2.24) is 0 Å². The monoisotopic (exact) mass is 160 g/mol. The van der Waals surface area contributed by atoms with Crippen molar-refractivity contribution in [2.45, 2.75) is 52.3 Å². The Bertz CT molecular complexity index is 93.9. The van der Waals surface area contributed by atoms with E-state index in [4.69, 9.17) is 4.43 Å². The maximum absolute atomic E-state index is 5.75. The molecule has 0 rings (SSSR count). The molecule has 0 radical (unpaired) electrons. The highest BCUT2D eigenvalue weighted by molar-refractivity contribution is 6.53. The molecule has 0 aromatic heterocycles. The maximum atomic E-state index is 5.75. The first kappa shape index (κ1) is 10.2. The second kappa shape index (κ2) is 3.53. The van der Waals surface area contributed by atoms with Gasteiger partial charge in [-0.1, -0.05) is 20.8 Å². The lowest BCUT2D eigenvalue weighted by Crippen LogP contribution is -2.28. The summed E-state index contributed by atoms with van der Waals surface area (Å²) < 4.78 is 5.75. The van der Waals surface area contributed by atoms with Crippen LogP contribution in [-0.4, -0.2) is 15.1 Å². The second-order valence-corrected chi connectivity index (χ2v) is 7.48. The molecule has 0 fully saturated rings. The minimum Gasteiger partial charge on any atom is -0.417 e. The van der Waals surface area contributed by atoms with Gasteiger partial charge in [0.1, 0.15) is 0 Å². The molecule has 1 nitrogen and oxygen atoms in total. The van der Waals surface area contributed by atoms with E-state index in [2.05, 4.69) is 41.2 Å². The Hall–Kier alpha value is 0.177. The molecule has 0 aromatic rings. The van der Waals surface area contributed by atoms with E-state index in [1.165, 1.54) is 0 Å². The zero-order valence-electron chi connectivity index (χ0n) is 8.06. The third kappa shape index (κ3) is 4.07. The van der Waals surface area contributed by atoms with E-state index >= 15 is 0 Å². The molecular formula is C8H20OSi. The summed E-state index contributed by atoms with van der Waals surface area (Å²) in [5.74, 6) is 0. The number of hydrogen-bond donors (Lipinski definition) is 0. The number of hydrogen-bond acceptors (Lipinski definition) is 1. The van der Waals surface area contributed by atoms with Crippen LogP contribution in [0.5, 0.6) is 0 Å². The minimum absolute atomic E-state index is 0.404. The smallest absolute Gasteiger partial charge is 0.179 e. The topological polar surface area (TPSA) is 9.23 Å². The fourth-order valence-corrected chi connectivity index (χ4v) is 1.84. The first-order valence-corrected chi connectivity index (χ1v) is 6.20. The van der Waals surface area contributed by atoms with Crippen LogP contribution in [0.3, 0.4) is 0 Å². The molecule has 2 heteroatoms. The summed E-state index contributed by atoms with van der Waals surface area (Å²) in [4.78, 5) is 0. The van der Waals surface area contributed by atoms with Gasteiger partial charge in [0.15, 0.2) is 9.04 Å². The summed E-state index contributed by atoms with van der Waals surface area (Å²) in [5.41, 5.74) is 0. The van der Waals surface area contributed by atoms with E-state index in [0.29, 0.717) is 11.1 Å². The molecule has 1 unspecified atom stereocenters. The molecule has 0 aromatic carbocycles. The van der Waals surface area contributed by atoms with E-state index in [-0.39, 0.29) is 0 Å². The molecule has 0 heterocycles. The third-order valence-electron chi connectivity index (χ3n) is 1.70. The molecule has 0 saturated carbocycles. The fraction of sp³-hybridized carbons (Fsp3) is 1.00. The first-order chi connectivity index (χ1) is 4.34. The molecule has 62 valence electrons. The van der Waals surface area contributed by atoms with E-state index in [9.17, 15) is 0 Å². The predicted molar refractivity (Wildman–Crippen MR) is 48.9 cm³/mol. The van der Waals surface area contributed by atoms with Crippen molar-refractivity contribution in [3.63, 3.8) is 0 Å². The molecule has 0 amide bonds. The van der Waals surface area contributed by atoms with E-state index < -0.39 is 9.04 Å². The van der Waals surface area contributed by atoms with Crippen LogP contribution in [-0.2, 0) is 4.43 Å². The highest BCUT2D eigenvalue weighted by Crippen LogP contribution is 2.27. The quantitative estimate of drug-likeness (QED) is 0.564. The summed E-state index contributed by atoms with van der Waals surface area (Å²) in [5, 5.41) is 0.407. The van der Waals surface area contributed by atoms with Gasteiger partial charge in [-0.3, -0.25) is 0 Å². The fourth-order valence-electron chi connectivity index (χ4n) is 0.612. The first-order valence-electron chi connectivity index (χ1n) is 3.99.